The minimum Gasteiger partial charge on any atom is -0.367 e. The molecular weight excluding hydrogens is 154 g/mol. The molecule has 0 radical (unpaired) electrons. The van der Waals surface area contributed by atoms with E-state index in [9.17, 15) is 0 Å². The number of aliphatic hydroxyl groups excluding tert-OH is 1. The van der Waals surface area contributed by atoms with Crippen LogP contribution in [0.2, 0.25) is 0 Å². The van der Waals surface area contributed by atoms with Crippen LogP contribution in [0.3, 0.4) is 0 Å². The first-order valence-electron chi connectivity index (χ1n) is 3.93. The highest BCUT2D eigenvalue weighted by Gasteiger charge is 2.13. The first-order chi connectivity index (χ1) is 5.61. The second kappa shape index (κ2) is 5.94. The lowest BCUT2D eigenvalue weighted by Crippen LogP contribution is -2.37. The maximum atomic E-state index is 8.87. The summed E-state index contributed by atoms with van der Waals surface area (Å²) in [6.45, 7) is 5.48. The van der Waals surface area contributed by atoms with Crippen LogP contribution >= 0.6 is 0 Å². The second-order valence-corrected chi connectivity index (χ2v) is 2.76. The molecule has 1 atom stereocenters. The van der Waals surface area contributed by atoms with Gasteiger partial charge in [0, 0.05) is 0 Å². The summed E-state index contributed by atoms with van der Waals surface area (Å²) >= 11 is 0. The van der Waals surface area contributed by atoms with Gasteiger partial charge < -0.3 is 15.5 Å². The number of hydrogen-bond donors (Lipinski definition) is 3. The number of likely N-dealkylation sites (N-methyl/N-ethyl adjacent to an activating group) is 1. The second-order valence-electron chi connectivity index (χ2n) is 2.76. The van der Waals surface area contributed by atoms with E-state index >= 15 is 0 Å². The van der Waals surface area contributed by atoms with E-state index in [0.29, 0.717) is 6.42 Å². The van der Waals surface area contributed by atoms with Gasteiger partial charge in [-0.15, -0.1) is 0 Å². The third-order valence-corrected chi connectivity index (χ3v) is 1.67. The molecule has 3 heteroatoms. The van der Waals surface area contributed by atoms with Gasteiger partial charge in [0.05, 0.1) is 6.04 Å². The average molecular weight is 171 g/mol. The van der Waals surface area contributed by atoms with Crippen LogP contribution in [0.5, 0.6) is 0 Å². The molecule has 0 bridgehead atoms. The summed E-state index contributed by atoms with van der Waals surface area (Å²) < 4.78 is 0. The Bertz CT molecular complexity index is 164. The first kappa shape index (κ1) is 11.4. The molecular formula is C9H17NO2. The number of allylic oxidation sites excluding steroid dienone is 2. The van der Waals surface area contributed by atoms with Crippen LogP contribution in [0.15, 0.2) is 24.3 Å². The smallest absolute Gasteiger partial charge is 0.167 e. The van der Waals surface area contributed by atoms with Gasteiger partial charge in [0.25, 0.3) is 0 Å². The molecule has 70 valence electrons. The largest absolute Gasteiger partial charge is 0.367 e. The number of aliphatic hydroxyl groups is 2. The highest BCUT2D eigenvalue weighted by Crippen LogP contribution is 2.06. The van der Waals surface area contributed by atoms with Gasteiger partial charge in [0.1, 0.15) is 0 Å². The van der Waals surface area contributed by atoms with E-state index in [2.05, 4.69) is 11.9 Å². The summed E-state index contributed by atoms with van der Waals surface area (Å²) in [6.07, 6.45) is 2.83. The molecule has 1 unspecified atom stereocenters. The van der Waals surface area contributed by atoms with E-state index < -0.39 is 6.29 Å². The van der Waals surface area contributed by atoms with Gasteiger partial charge in [-0.1, -0.05) is 24.3 Å². The van der Waals surface area contributed by atoms with Crippen LogP contribution in [0, 0.1) is 0 Å². The Morgan fingerprint density at radius 1 is 1.58 bits per heavy atom. The minimum absolute atomic E-state index is 0.304. The highest BCUT2D eigenvalue weighted by molar-refractivity contribution is 5.09. The minimum atomic E-state index is -1.32. The molecule has 0 saturated carbocycles. The third-order valence-electron chi connectivity index (χ3n) is 1.67. The van der Waals surface area contributed by atoms with Crippen LogP contribution in [-0.4, -0.2) is 29.6 Å². The van der Waals surface area contributed by atoms with Crippen molar-refractivity contribution in [2.45, 2.75) is 25.7 Å². The zero-order valence-electron chi connectivity index (χ0n) is 7.62. The van der Waals surface area contributed by atoms with Crippen LogP contribution < -0.4 is 5.32 Å². The monoisotopic (exact) mass is 171 g/mol. The fourth-order valence-electron chi connectivity index (χ4n) is 0.973. The molecule has 0 aliphatic carbocycles. The van der Waals surface area contributed by atoms with Crippen LogP contribution in [0.25, 0.3) is 0 Å². The lowest BCUT2D eigenvalue weighted by molar-refractivity contribution is -0.0650. The number of nitrogens with one attached hydrogen (secondary N) is 1. The van der Waals surface area contributed by atoms with Crippen molar-refractivity contribution in [3.05, 3.63) is 24.3 Å². The van der Waals surface area contributed by atoms with Crippen molar-refractivity contribution in [1.82, 2.24) is 5.32 Å². The zero-order valence-corrected chi connectivity index (χ0v) is 7.62. The molecule has 0 amide bonds. The van der Waals surface area contributed by atoms with Gasteiger partial charge in [-0.05, 0) is 20.4 Å². The molecule has 0 aromatic heterocycles. The van der Waals surface area contributed by atoms with Gasteiger partial charge in [0.2, 0.25) is 0 Å². The maximum absolute atomic E-state index is 8.87. The molecule has 0 aromatic carbocycles. The quantitative estimate of drug-likeness (QED) is 0.415. The summed E-state index contributed by atoms with van der Waals surface area (Å²) in [5, 5.41) is 20.6. The van der Waals surface area contributed by atoms with E-state index in [1.807, 2.05) is 13.0 Å². The summed E-state index contributed by atoms with van der Waals surface area (Å²) in [7, 11) is 1.70. The molecule has 0 aliphatic heterocycles. The number of hydrogen-bond acceptors (Lipinski definition) is 3. The molecule has 0 fully saturated rings. The van der Waals surface area contributed by atoms with E-state index in [4.69, 9.17) is 10.2 Å². The van der Waals surface area contributed by atoms with E-state index in [0.717, 1.165) is 5.57 Å². The van der Waals surface area contributed by atoms with Crippen LogP contribution in [0.4, 0.5) is 0 Å². The Balaban J connectivity index is 4.02. The fourth-order valence-corrected chi connectivity index (χ4v) is 0.973. The lowest BCUT2D eigenvalue weighted by atomic mass is 10.1. The topological polar surface area (TPSA) is 52.5 Å². The molecule has 0 spiro atoms. The summed E-state index contributed by atoms with van der Waals surface area (Å²) in [5.74, 6) is 0. The Morgan fingerprint density at radius 2 is 2.17 bits per heavy atom. The average Bonchev–Trinajstić information content (AvgIpc) is 2.00. The summed E-state index contributed by atoms with van der Waals surface area (Å²) in [6, 6.07) is -0.304. The van der Waals surface area contributed by atoms with Crippen LogP contribution in [-0.2, 0) is 0 Å². The van der Waals surface area contributed by atoms with Gasteiger partial charge in [-0.25, -0.2) is 0 Å². The maximum Gasteiger partial charge on any atom is 0.167 e. The lowest BCUT2D eigenvalue weighted by Gasteiger charge is -2.17. The number of rotatable bonds is 5. The van der Waals surface area contributed by atoms with Crippen molar-refractivity contribution in [1.29, 1.82) is 0 Å². The molecule has 0 rings (SSSR count). The Labute approximate surface area is 73.4 Å². The highest BCUT2D eigenvalue weighted by atomic mass is 16.5. The van der Waals surface area contributed by atoms with Crippen LogP contribution in [0.1, 0.15) is 13.3 Å². The van der Waals surface area contributed by atoms with Crippen molar-refractivity contribution < 1.29 is 10.2 Å². The molecule has 3 nitrogen and oxygen atoms in total. The summed E-state index contributed by atoms with van der Waals surface area (Å²) in [5.41, 5.74) is 1.07. The Morgan fingerprint density at radius 3 is 2.50 bits per heavy atom. The van der Waals surface area contributed by atoms with E-state index in [1.165, 1.54) is 0 Å². The van der Waals surface area contributed by atoms with Crippen molar-refractivity contribution in [3.8, 4) is 0 Å². The van der Waals surface area contributed by atoms with E-state index in [-0.39, 0.29) is 6.04 Å². The van der Waals surface area contributed by atoms with Gasteiger partial charge in [-0.3, -0.25) is 0 Å². The zero-order chi connectivity index (χ0) is 9.56. The molecule has 0 aromatic rings. The predicted molar refractivity (Wildman–Crippen MR) is 49.6 cm³/mol. The molecule has 0 saturated heterocycles. The predicted octanol–water partition coefficient (Wildman–Crippen LogP) is 0.408. The van der Waals surface area contributed by atoms with E-state index in [1.54, 1.807) is 13.1 Å². The molecule has 0 aliphatic rings. The normalized spacial score (nSPS) is 14.9. The standard InChI is InChI=1S/C9H17NO2/c1-4-5-7(2)6-8(10-3)9(11)12/h4-5,8-12H,1,6H2,2-3H3. The first-order valence-corrected chi connectivity index (χ1v) is 3.93. The molecule has 0 heterocycles. The van der Waals surface area contributed by atoms with Gasteiger partial charge in [0.15, 0.2) is 6.29 Å². The van der Waals surface area contributed by atoms with Crippen molar-refractivity contribution >= 4 is 0 Å². The molecule has 12 heavy (non-hydrogen) atoms. The Hall–Kier alpha value is -0.640. The van der Waals surface area contributed by atoms with Crippen molar-refractivity contribution in [2.75, 3.05) is 7.05 Å². The van der Waals surface area contributed by atoms with Crippen molar-refractivity contribution in [3.63, 3.8) is 0 Å². The Kier molecular flexibility index (Phi) is 5.62. The van der Waals surface area contributed by atoms with Crippen molar-refractivity contribution in [2.24, 2.45) is 0 Å². The SMILES string of the molecule is C=CC=C(C)CC(NC)C(O)O. The fraction of sp³-hybridized carbons (Fsp3) is 0.556. The van der Waals surface area contributed by atoms with Gasteiger partial charge in [-0.2, -0.15) is 0 Å². The molecule has 3 N–H and O–H groups in total. The third kappa shape index (κ3) is 4.28. The summed E-state index contributed by atoms with van der Waals surface area (Å²) in [4.78, 5) is 0. The van der Waals surface area contributed by atoms with Gasteiger partial charge >= 0.3 is 0 Å².